The van der Waals surface area contributed by atoms with Gasteiger partial charge in [0.25, 0.3) is 0 Å². The SMILES string of the molecule is CC(C)[C@H](CNc1ncccc1[N+](=O)[O-])N1CCOCC1. The summed E-state index contributed by atoms with van der Waals surface area (Å²) in [6, 6.07) is 3.34. The first kappa shape index (κ1) is 15.7. The average molecular weight is 294 g/mol. The summed E-state index contributed by atoms with van der Waals surface area (Å²) in [5, 5.41) is 14.1. The average Bonchev–Trinajstić information content (AvgIpc) is 2.48. The van der Waals surface area contributed by atoms with Crippen LogP contribution in [-0.4, -0.2) is 53.7 Å². The van der Waals surface area contributed by atoms with Crippen LogP contribution in [0.5, 0.6) is 0 Å². The van der Waals surface area contributed by atoms with E-state index in [2.05, 4.69) is 29.0 Å². The van der Waals surface area contributed by atoms with Crippen molar-refractivity contribution >= 4 is 11.5 Å². The fourth-order valence-electron chi connectivity index (χ4n) is 2.58. The molecular formula is C14H22N4O3. The second kappa shape index (κ2) is 7.33. The van der Waals surface area contributed by atoms with Crippen LogP contribution in [0.3, 0.4) is 0 Å². The van der Waals surface area contributed by atoms with Gasteiger partial charge in [0.05, 0.1) is 18.1 Å². The lowest BCUT2D eigenvalue weighted by Gasteiger charge is -2.37. The first-order chi connectivity index (χ1) is 10.1. The lowest BCUT2D eigenvalue weighted by molar-refractivity contribution is -0.384. The predicted molar refractivity (Wildman–Crippen MR) is 80.4 cm³/mol. The van der Waals surface area contributed by atoms with Gasteiger partial charge in [-0.05, 0) is 12.0 Å². The summed E-state index contributed by atoms with van der Waals surface area (Å²) in [5.41, 5.74) is 0.0157. The van der Waals surface area contributed by atoms with E-state index in [1.165, 1.54) is 6.07 Å². The summed E-state index contributed by atoms with van der Waals surface area (Å²) in [5.74, 6) is 0.778. The summed E-state index contributed by atoms with van der Waals surface area (Å²) in [6.07, 6.45) is 1.56. The van der Waals surface area contributed by atoms with E-state index < -0.39 is 4.92 Å². The molecule has 0 amide bonds. The van der Waals surface area contributed by atoms with E-state index in [9.17, 15) is 10.1 Å². The van der Waals surface area contributed by atoms with Crippen molar-refractivity contribution in [2.24, 2.45) is 5.92 Å². The molecule has 116 valence electrons. The maximum absolute atomic E-state index is 11.0. The Morgan fingerprint density at radius 1 is 1.48 bits per heavy atom. The normalized spacial score (nSPS) is 17.7. The molecule has 7 heteroatoms. The van der Waals surface area contributed by atoms with E-state index >= 15 is 0 Å². The number of rotatable bonds is 6. The van der Waals surface area contributed by atoms with E-state index in [-0.39, 0.29) is 5.69 Å². The lowest BCUT2D eigenvalue weighted by Crippen LogP contribution is -2.49. The van der Waals surface area contributed by atoms with Crippen molar-refractivity contribution in [1.29, 1.82) is 0 Å². The molecule has 0 spiro atoms. The molecule has 1 fully saturated rings. The van der Waals surface area contributed by atoms with Crippen molar-refractivity contribution < 1.29 is 9.66 Å². The highest BCUT2D eigenvalue weighted by Crippen LogP contribution is 2.21. The van der Waals surface area contributed by atoms with Crippen molar-refractivity contribution in [1.82, 2.24) is 9.88 Å². The van der Waals surface area contributed by atoms with Gasteiger partial charge in [-0.25, -0.2) is 4.98 Å². The molecule has 0 bridgehead atoms. The van der Waals surface area contributed by atoms with Crippen LogP contribution in [0.15, 0.2) is 18.3 Å². The zero-order chi connectivity index (χ0) is 15.2. The standard InChI is InChI=1S/C14H22N4O3/c1-11(2)13(17-6-8-21-9-7-17)10-16-14-12(18(19)20)4-3-5-15-14/h3-5,11,13H,6-10H2,1-2H3,(H,15,16)/t13-/m0/s1. The van der Waals surface area contributed by atoms with Crippen LogP contribution < -0.4 is 5.32 Å². The molecule has 0 unspecified atom stereocenters. The Morgan fingerprint density at radius 3 is 2.81 bits per heavy atom. The minimum Gasteiger partial charge on any atom is -0.379 e. The molecule has 2 rings (SSSR count). The molecular weight excluding hydrogens is 272 g/mol. The number of anilines is 1. The summed E-state index contributed by atoms with van der Waals surface area (Å²) >= 11 is 0. The van der Waals surface area contributed by atoms with Crippen LogP contribution in [0.2, 0.25) is 0 Å². The Kier molecular flexibility index (Phi) is 5.46. The summed E-state index contributed by atoms with van der Waals surface area (Å²) in [6.45, 7) is 8.24. The third-order valence-corrected chi connectivity index (χ3v) is 3.75. The summed E-state index contributed by atoms with van der Waals surface area (Å²) < 4.78 is 5.38. The van der Waals surface area contributed by atoms with Gasteiger partial charge in [-0.15, -0.1) is 0 Å². The predicted octanol–water partition coefficient (Wildman–Crippen LogP) is 1.76. The number of nitro groups is 1. The van der Waals surface area contributed by atoms with Crippen LogP contribution in [0.25, 0.3) is 0 Å². The van der Waals surface area contributed by atoms with Gasteiger partial charge in [0, 0.05) is 37.9 Å². The molecule has 1 atom stereocenters. The minimum atomic E-state index is -0.408. The van der Waals surface area contributed by atoms with Gasteiger partial charge in [0.1, 0.15) is 0 Å². The quantitative estimate of drug-likeness (QED) is 0.636. The number of pyridine rings is 1. The lowest BCUT2D eigenvalue weighted by atomic mass is 10.0. The molecule has 21 heavy (non-hydrogen) atoms. The molecule has 1 N–H and O–H groups in total. The number of hydrogen-bond donors (Lipinski definition) is 1. The largest absolute Gasteiger partial charge is 0.379 e. The molecule has 1 saturated heterocycles. The first-order valence-corrected chi connectivity index (χ1v) is 7.24. The fourth-order valence-corrected chi connectivity index (χ4v) is 2.58. The zero-order valence-electron chi connectivity index (χ0n) is 12.5. The maximum atomic E-state index is 11.0. The monoisotopic (exact) mass is 294 g/mol. The molecule has 2 heterocycles. The highest BCUT2D eigenvalue weighted by molar-refractivity contribution is 5.55. The Labute approximate surface area is 124 Å². The van der Waals surface area contributed by atoms with Gasteiger partial charge in [0.15, 0.2) is 0 Å². The third-order valence-electron chi connectivity index (χ3n) is 3.75. The van der Waals surface area contributed by atoms with Gasteiger partial charge in [-0.3, -0.25) is 15.0 Å². The van der Waals surface area contributed by atoms with Crippen LogP contribution in [-0.2, 0) is 4.74 Å². The topological polar surface area (TPSA) is 80.5 Å². The number of hydrogen-bond acceptors (Lipinski definition) is 6. The molecule has 1 aliphatic heterocycles. The maximum Gasteiger partial charge on any atom is 0.311 e. The molecule has 0 aliphatic carbocycles. The summed E-state index contributed by atoms with van der Waals surface area (Å²) in [4.78, 5) is 17.0. The molecule has 0 aromatic carbocycles. The van der Waals surface area contributed by atoms with Crippen molar-refractivity contribution in [3.8, 4) is 0 Å². The van der Waals surface area contributed by atoms with Gasteiger partial charge in [-0.1, -0.05) is 13.8 Å². The Hall–Kier alpha value is -1.73. The molecule has 0 radical (unpaired) electrons. The number of aromatic nitrogens is 1. The highest BCUT2D eigenvalue weighted by atomic mass is 16.6. The zero-order valence-corrected chi connectivity index (χ0v) is 12.5. The van der Waals surface area contributed by atoms with Gasteiger partial charge in [0.2, 0.25) is 5.82 Å². The Bertz CT molecular complexity index is 475. The molecule has 1 aromatic heterocycles. The first-order valence-electron chi connectivity index (χ1n) is 7.24. The number of nitrogens with one attached hydrogen (secondary N) is 1. The van der Waals surface area contributed by atoms with E-state index in [1.807, 2.05) is 0 Å². The van der Waals surface area contributed by atoms with Crippen molar-refractivity contribution in [2.75, 3.05) is 38.2 Å². The third kappa shape index (κ3) is 4.12. The van der Waals surface area contributed by atoms with Crippen LogP contribution in [0.1, 0.15) is 13.8 Å². The van der Waals surface area contributed by atoms with Crippen molar-refractivity contribution in [3.63, 3.8) is 0 Å². The Balaban J connectivity index is 2.03. The number of nitrogens with zero attached hydrogens (tertiary/aromatic N) is 3. The van der Waals surface area contributed by atoms with E-state index in [0.29, 0.717) is 24.3 Å². The minimum absolute atomic E-state index is 0.0157. The van der Waals surface area contributed by atoms with Crippen LogP contribution in [0.4, 0.5) is 11.5 Å². The number of ether oxygens (including phenoxy) is 1. The van der Waals surface area contributed by atoms with Crippen LogP contribution in [0, 0.1) is 16.0 Å². The molecule has 7 nitrogen and oxygen atoms in total. The fraction of sp³-hybridized carbons (Fsp3) is 0.643. The molecule has 0 saturated carbocycles. The van der Waals surface area contributed by atoms with E-state index in [4.69, 9.17) is 4.74 Å². The smallest absolute Gasteiger partial charge is 0.311 e. The number of morpholine rings is 1. The van der Waals surface area contributed by atoms with Gasteiger partial charge < -0.3 is 10.1 Å². The van der Waals surface area contributed by atoms with Gasteiger partial charge >= 0.3 is 5.69 Å². The van der Waals surface area contributed by atoms with Crippen molar-refractivity contribution in [2.45, 2.75) is 19.9 Å². The molecule has 1 aromatic rings. The summed E-state index contributed by atoms with van der Waals surface area (Å²) in [7, 11) is 0. The Morgan fingerprint density at radius 2 is 2.19 bits per heavy atom. The van der Waals surface area contributed by atoms with Gasteiger partial charge in [-0.2, -0.15) is 0 Å². The highest BCUT2D eigenvalue weighted by Gasteiger charge is 2.24. The van der Waals surface area contributed by atoms with E-state index in [0.717, 1.165) is 26.3 Å². The van der Waals surface area contributed by atoms with Crippen LogP contribution >= 0.6 is 0 Å². The van der Waals surface area contributed by atoms with Crippen molar-refractivity contribution in [3.05, 3.63) is 28.4 Å². The molecule has 1 aliphatic rings. The second-order valence-electron chi connectivity index (χ2n) is 5.47. The second-order valence-corrected chi connectivity index (χ2v) is 5.47. The van der Waals surface area contributed by atoms with E-state index in [1.54, 1.807) is 12.3 Å².